The molecule has 0 radical (unpaired) electrons. The van der Waals surface area contributed by atoms with Crippen molar-refractivity contribution in [2.45, 2.75) is 20.0 Å². The Bertz CT molecular complexity index is 153. The molecule has 0 saturated heterocycles. The molecule has 2 nitrogen and oxygen atoms in total. The Balaban J connectivity index is 2.62. The first-order chi connectivity index (χ1) is 3.98. The summed E-state index contributed by atoms with van der Waals surface area (Å²) in [6.07, 6.45) is -1.14. The van der Waals surface area contributed by atoms with Crippen molar-refractivity contribution < 1.29 is 14.3 Å². The summed E-state index contributed by atoms with van der Waals surface area (Å²) >= 11 is 0. The van der Waals surface area contributed by atoms with E-state index in [0.29, 0.717) is 0 Å². The van der Waals surface area contributed by atoms with Gasteiger partial charge in [-0.1, -0.05) is 13.8 Å². The largest absolute Gasteiger partial charge is 0.481 e. The minimum Gasteiger partial charge on any atom is -0.481 e. The molecule has 2 atom stereocenters. The Morgan fingerprint density at radius 2 is 2.00 bits per heavy atom. The number of carboxylic acid groups (broad SMARTS) is 1. The summed E-state index contributed by atoms with van der Waals surface area (Å²) in [6, 6.07) is 0. The Morgan fingerprint density at radius 3 is 2.00 bits per heavy atom. The maximum absolute atomic E-state index is 12.4. The first kappa shape index (κ1) is 6.52. The van der Waals surface area contributed by atoms with Gasteiger partial charge in [0.25, 0.3) is 0 Å². The fraction of sp³-hybridized carbons (Fsp3) is 0.833. The highest BCUT2D eigenvalue weighted by atomic mass is 19.1. The van der Waals surface area contributed by atoms with Gasteiger partial charge in [-0.05, 0) is 0 Å². The second kappa shape index (κ2) is 1.46. The van der Waals surface area contributed by atoms with Crippen LogP contribution in [0.15, 0.2) is 0 Å². The van der Waals surface area contributed by atoms with Crippen LogP contribution in [0.1, 0.15) is 13.8 Å². The van der Waals surface area contributed by atoms with Crippen LogP contribution in [0.2, 0.25) is 0 Å². The molecule has 0 unspecified atom stereocenters. The molecule has 0 heterocycles. The molecule has 1 fully saturated rings. The Kier molecular flexibility index (Phi) is 1.06. The molecule has 0 aliphatic heterocycles. The fourth-order valence-corrected chi connectivity index (χ4v) is 1.02. The van der Waals surface area contributed by atoms with E-state index in [9.17, 15) is 9.18 Å². The molecule has 1 aliphatic rings. The molecule has 0 bridgehead atoms. The van der Waals surface area contributed by atoms with Crippen LogP contribution < -0.4 is 0 Å². The molecule has 3 heteroatoms. The molecule has 1 saturated carbocycles. The lowest BCUT2D eigenvalue weighted by Crippen LogP contribution is -2.03. The van der Waals surface area contributed by atoms with E-state index in [0.717, 1.165) is 0 Å². The number of rotatable bonds is 1. The molecule has 52 valence electrons. The van der Waals surface area contributed by atoms with Crippen molar-refractivity contribution >= 4 is 5.97 Å². The van der Waals surface area contributed by atoms with Crippen LogP contribution in [0.5, 0.6) is 0 Å². The number of alkyl halides is 1. The van der Waals surface area contributed by atoms with Gasteiger partial charge in [0.15, 0.2) is 0 Å². The monoisotopic (exact) mass is 132 g/mol. The van der Waals surface area contributed by atoms with Gasteiger partial charge in [-0.2, -0.15) is 0 Å². The standard InChI is InChI=1S/C6H9FO2/c1-6(2)3(4(6)7)5(8)9/h3-4H,1-2H3,(H,8,9)/t3-,4-/m0/s1. The van der Waals surface area contributed by atoms with E-state index < -0.39 is 23.5 Å². The fourth-order valence-electron chi connectivity index (χ4n) is 1.02. The van der Waals surface area contributed by atoms with Crippen LogP contribution in [0.4, 0.5) is 4.39 Å². The van der Waals surface area contributed by atoms with Gasteiger partial charge in [-0.25, -0.2) is 4.39 Å². The van der Waals surface area contributed by atoms with Gasteiger partial charge in [0.05, 0.1) is 5.92 Å². The summed E-state index contributed by atoms with van der Waals surface area (Å²) in [5.41, 5.74) is -0.619. The van der Waals surface area contributed by atoms with Crippen molar-refractivity contribution in [3.63, 3.8) is 0 Å². The molecule has 0 aromatic carbocycles. The first-order valence-corrected chi connectivity index (χ1v) is 2.85. The zero-order valence-electron chi connectivity index (χ0n) is 5.39. The number of aliphatic carboxylic acids is 1. The number of hydrogen-bond acceptors (Lipinski definition) is 1. The smallest absolute Gasteiger partial charge is 0.310 e. The minimum atomic E-state index is -1.14. The number of halogens is 1. The first-order valence-electron chi connectivity index (χ1n) is 2.85. The highest BCUT2D eigenvalue weighted by Gasteiger charge is 2.63. The molecule has 1 N–H and O–H groups in total. The van der Waals surface area contributed by atoms with Crippen LogP contribution in [-0.2, 0) is 4.79 Å². The van der Waals surface area contributed by atoms with Gasteiger partial charge < -0.3 is 5.11 Å². The highest BCUT2D eigenvalue weighted by molar-refractivity contribution is 5.76. The maximum atomic E-state index is 12.4. The molecular formula is C6H9FO2. The van der Waals surface area contributed by atoms with Crippen molar-refractivity contribution in [2.75, 3.05) is 0 Å². The minimum absolute atomic E-state index is 0.619. The zero-order valence-corrected chi connectivity index (χ0v) is 5.39. The molecule has 1 rings (SSSR count). The van der Waals surface area contributed by atoms with Gasteiger partial charge >= 0.3 is 5.97 Å². The number of carboxylic acids is 1. The second-order valence-electron chi connectivity index (χ2n) is 3.04. The van der Waals surface area contributed by atoms with Gasteiger partial charge in [0, 0.05) is 5.41 Å². The van der Waals surface area contributed by atoms with Crippen molar-refractivity contribution in [1.29, 1.82) is 0 Å². The Hall–Kier alpha value is -0.600. The van der Waals surface area contributed by atoms with Crippen LogP contribution in [0, 0.1) is 11.3 Å². The van der Waals surface area contributed by atoms with Crippen LogP contribution in [-0.4, -0.2) is 17.2 Å². The predicted octanol–water partition coefficient (Wildman–Crippen LogP) is 1.07. The quantitative estimate of drug-likeness (QED) is 0.579. The van der Waals surface area contributed by atoms with E-state index in [1.165, 1.54) is 0 Å². The summed E-state index contributed by atoms with van der Waals surface area (Å²) in [6.45, 7) is 3.24. The highest BCUT2D eigenvalue weighted by Crippen LogP contribution is 2.54. The zero-order chi connectivity index (χ0) is 7.23. The third-order valence-electron chi connectivity index (χ3n) is 1.96. The molecule has 1 aliphatic carbocycles. The lowest BCUT2D eigenvalue weighted by atomic mass is 10.1. The summed E-state index contributed by atoms with van der Waals surface area (Å²) in [7, 11) is 0. The van der Waals surface area contributed by atoms with E-state index in [1.807, 2.05) is 0 Å². The molecule has 9 heavy (non-hydrogen) atoms. The molecular weight excluding hydrogens is 123 g/mol. The normalized spacial score (nSPS) is 38.1. The van der Waals surface area contributed by atoms with E-state index >= 15 is 0 Å². The van der Waals surface area contributed by atoms with Crippen molar-refractivity contribution in [3.8, 4) is 0 Å². The molecule has 0 amide bonds. The Morgan fingerprint density at radius 1 is 1.67 bits per heavy atom. The van der Waals surface area contributed by atoms with E-state index in [1.54, 1.807) is 13.8 Å². The molecule has 0 aromatic heterocycles. The van der Waals surface area contributed by atoms with Gasteiger partial charge in [0.1, 0.15) is 6.17 Å². The topological polar surface area (TPSA) is 37.3 Å². The second-order valence-corrected chi connectivity index (χ2v) is 3.04. The lowest BCUT2D eigenvalue weighted by Gasteiger charge is -1.93. The summed E-state index contributed by atoms with van der Waals surface area (Å²) in [4.78, 5) is 10.1. The molecule has 0 spiro atoms. The lowest BCUT2D eigenvalue weighted by molar-refractivity contribution is -0.139. The summed E-state index contributed by atoms with van der Waals surface area (Å²) in [5.74, 6) is -1.79. The van der Waals surface area contributed by atoms with E-state index in [2.05, 4.69) is 0 Å². The SMILES string of the molecule is CC1(C)[C@H](C(=O)O)[C@@H]1F. The van der Waals surface area contributed by atoms with Gasteiger partial charge in [-0.15, -0.1) is 0 Å². The number of carbonyl (C=O) groups is 1. The average molecular weight is 132 g/mol. The van der Waals surface area contributed by atoms with Crippen molar-refractivity contribution in [1.82, 2.24) is 0 Å². The van der Waals surface area contributed by atoms with Crippen LogP contribution in [0.25, 0.3) is 0 Å². The number of hydrogen-bond donors (Lipinski definition) is 1. The third-order valence-corrected chi connectivity index (χ3v) is 1.96. The average Bonchev–Trinajstić information content (AvgIpc) is 2.07. The van der Waals surface area contributed by atoms with E-state index in [-0.39, 0.29) is 0 Å². The Labute approximate surface area is 52.7 Å². The van der Waals surface area contributed by atoms with E-state index in [4.69, 9.17) is 5.11 Å². The molecule has 0 aromatic rings. The van der Waals surface area contributed by atoms with Gasteiger partial charge in [0.2, 0.25) is 0 Å². The summed E-state index contributed by atoms with van der Waals surface area (Å²) < 4.78 is 12.4. The summed E-state index contributed by atoms with van der Waals surface area (Å²) in [5, 5.41) is 8.32. The van der Waals surface area contributed by atoms with Gasteiger partial charge in [-0.3, -0.25) is 4.79 Å². The van der Waals surface area contributed by atoms with Crippen LogP contribution in [0.3, 0.4) is 0 Å². The van der Waals surface area contributed by atoms with Crippen molar-refractivity contribution in [3.05, 3.63) is 0 Å². The maximum Gasteiger partial charge on any atom is 0.310 e. The predicted molar refractivity (Wildman–Crippen MR) is 29.8 cm³/mol. The van der Waals surface area contributed by atoms with Crippen molar-refractivity contribution in [2.24, 2.45) is 11.3 Å². The third kappa shape index (κ3) is 0.713. The van der Waals surface area contributed by atoms with Crippen LogP contribution >= 0.6 is 0 Å².